The molecule has 1 aliphatic carbocycles. The number of ether oxygens (including phenoxy) is 2. The van der Waals surface area contributed by atoms with Gasteiger partial charge in [-0.1, -0.05) is 29.4 Å². The van der Waals surface area contributed by atoms with Crippen LogP contribution in [0.3, 0.4) is 0 Å². The first-order chi connectivity index (χ1) is 17.3. The van der Waals surface area contributed by atoms with Crippen LogP contribution in [-0.2, 0) is 19.0 Å². The van der Waals surface area contributed by atoms with E-state index in [0.717, 1.165) is 48.9 Å². The molecule has 1 N–H and O–H groups in total. The van der Waals surface area contributed by atoms with E-state index in [1.165, 1.54) is 18.7 Å². The molecule has 5 rings (SSSR count). The fraction of sp³-hybridized carbons (Fsp3) is 0.185. The molecular formula is C27H21F3N2O4. The summed E-state index contributed by atoms with van der Waals surface area (Å²) in [4.78, 5) is 12.9. The lowest BCUT2D eigenvalue weighted by molar-refractivity contribution is -0.138. The highest BCUT2D eigenvalue weighted by Gasteiger charge is 2.35. The molecule has 0 aliphatic heterocycles. The number of anilines is 1. The maximum atomic E-state index is 13.4. The lowest BCUT2D eigenvalue weighted by atomic mass is 9.88. The van der Waals surface area contributed by atoms with Gasteiger partial charge in [0, 0.05) is 22.3 Å². The highest BCUT2D eigenvalue weighted by molar-refractivity contribution is 6.05. The van der Waals surface area contributed by atoms with Crippen molar-refractivity contribution in [1.82, 2.24) is 5.16 Å². The molecule has 0 atom stereocenters. The second-order valence-electron chi connectivity index (χ2n) is 8.28. The Kier molecular flexibility index (Phi) is 5.91. The van der Waals surface area contributed by atoms with Gasteiger partial charge < -0.3 is 19.3 Å². The van der Waals surface area contributed by atoms with Crippen molar-refractivity contribution in [2.24, 2.45) is 0 Å². The summed E-state index contributed by atoms with van der Waals surface area (Å²) in [5.74, 6) is -0.181. The van der Waals surface area contributed by atoms with Crippen LogP contribution >= 0.6 is 0 Å². The summed E-state index contributed by atoms with van der Waals surface area (Å²) < 4.78 is 56.1. The summed E-state index contributed by atoms with van der Waals surface area (Å²) >= 11 is 0. The van der Waals surface area contributed by atoms with Gasteiger partial charge in [-0.05, 0) is 54.8 Å². The van der Waals surface area contributed by atoms with E-state index in [2.05, 4.69) is 16.5 Å². The molecule has 0 bridgehead atoms. The van der Waals surface area contributed by atoms with Crippen LogP contribution in [0.25, 0.3) is 22.6 Å². The molecule has 9 heteroatoms. The summed E-state index contributed by atoms with van der Waals surface area (Å²) in [6, 6.07) is 16.3. The highest BCUT2D eigenvalue weighted by atomic mass is 19.4. The Bertz CT molecular complexity index is 1460. The van der Waals surface area contributed by atoms with Crippen molar-refractivity contribution < 1.29 is 32.0 Å². The van der Waals surface area contributed by atoms with Crippen molar-refractivity contribution in [3.63, 3.8) is 0 Å². The van der Waals surface area contributed by atoms with Crippen LogP contribution in [0.15, 0.2) is 65.2 Å². The van der Waals surface area contributed by atoms with Crippen LogP contribution in [0.2, 0.25) is 0 Å². The normalized spacial score (nSPS) is 12.5. The van der Waals surface area contributed by atoms with Gasteiger partial charge in [-0.15, -0.1) is 0 Å². The number of rotatable bonds is 5. The Morgan fingerprint density at radius 3 is 2.47 bits per heavy atom. The predicted octanol–water partition coefficient (Wildman–Crippen LogP) is 6.40. The number of alkyl halides is 3. The lowest BCUT2D eigenvalue weighted by Gasteiger charge is -2.16. The van der Waals surface area contributed by atoms with Gasteiger partial charge in [-0.3, -0.25) is 4.79 Å². The molecule has 1 heterocycles. The number of carbonyl (C=O) groups is 1. The van der Waals surface area contributed by atoms with E-state index < -0.39 is 17.6 Å². The van der Waals surface area contributed by atoms with E-state index in [-0.39, 0.29) is 17.0 Å². The average molecular weight is 494 g/mol. The van der Waals surface area contributed by atoms with E-state index in [0.29, 0.717) is 17.1 Å². The standard InChI is InChI=1S/C27H21F3N2O4/c1-34-22-11-9-17(13-20(22)27(28,29)30)26(33)31-21-14-16(8-12-23(21)35-2)25-19-10-7-15-5-3-4-6-18(15)24(19)32-36-25/h3-6,8-9,11-14H,7,10H2,1-2H3,(H,31,33). The van der Waals surface area contributed by atoms with Crippen LogP contribution < -0.4 is 14.8 Å². The van der Waals surface area contributed by atoms with E-state index in [1.54, 1.807) is 18.2 Å². The van der Waals surface area contributed by atoms with Gasteiger partial charge >= 0.3 is 6.18 Å². The Hall–Kier alpha value is -4.27. The molecule has 1 aliphatic rings. The Morgan fingerprint density at radius 2 is 1.72 bits per heavy atom. The summed E-state index contributed by atoms with van der Waals surface area (Å²) in [6.07, 6.45) is -3.09. The smallest absolute Gasteiger partial charge is 0.419 e. The van der Waals surface area contributed by atoms with Crippen molar-refractivity contribution in [1.29, 1.82) is 0 Å². The number of carbonyl (C=O) groups excluding carboxylic acids is 1. The lowest BCUT2D eigenvalue weighted by Crippen LogP contribution is -2.15. The van der Waals surface area contributed by atoms with Gasteiger partial charge in [0.2, 0.25) is 0 Å². The van der Waals surface area contributed by atoms with Crippen molar-refractivity contribution in [2.75, 3.05) is 19.5 Å². The zero-order valence-electron chi connectivity index (χ0n) is 19.4. The van der Waals surface area contributed by atoms with Crippen LogP contribution in [0.1, 0.15) is 27.0 Å². The zero-order valence-corrected chi connectivity index (χ0v) is 19.4. The number of fused-ring (bicyclic) bond motifs is 3. The molecule has 0 saturated carbocycles. The average Bonchev–Trinajstić information content (AvgIpc) is 3.32. The minimum atomic E-state index is -4.68. The highest BCUT2D eigenvalue weighted by Crippen LogP contribution is 2.41. The summed E-state index contributed by atoms with van der Waals surface area (Å²) in [7, 11) is 2.58. The number of amides is 1. The molecule has 1 aromatic heterocycles. The molecular weight excluding hydrogens is 473 g/mol. The van der Waals surface area contributed by atoms with Gasteiger partial charge in [-0.25, -0.2) is 0 Å². The molecule has 0 radical (unpaired) electrons. The van der Waals surface area contributed by atoms with Gasteiger partial charge in [0.05, 0.1) is 25.5 Å². The Labute approximate surface area is 204 Å². The second-order valence-corrected chi connectivity index (χ2v) is 8.28. The molecule has 36 heavy (non-hydrogen) atoms. The van der Waals surface area contributed by atoms with Crippen LogP contribution in [-0.4, -0.2) is 25.3 Å². The molecule has 3 aromatic carbocycles. The van der Waals surface area contributed by atoms with E-state index in [1.807, 2.05) is 18.2 Å². The molecule has 184 valence electrons. The topological polar surface area (TPSA) is 73.6 Å². The number of nitrogens with one attached hydrogen (secondary N) is 1. The number of hydrogen-bond acceptors (Lipinski definition) is 5. The third kappa shape index (κ3) is 4.17. The largest absolute Gasteiger partial charge is 0.496 e. The molecule has 4 aromatic rings. The molecule has 0 spiro atoms. The molecule has 1 amide bonds. The number of hydrogen-bond donors (Lipinski definition) is 1. The van der Waals surface area contributed by atoms with Crippen LogP contribution in [0.4, 0.5) is 18.9 Å². The monoisotopic (exact) mass is 494 g/mol. The third-order valence-electron chi connectivity index (χ3n) is 6.18. The molecule has 0 unspecified atom stereocenters. The fourth-order valence-corrected chi connectivity index (χ4v) is 4.42. The molecule has 6 nitrogen and oxygen atoms in total. The number of methoxy groups -OCH3 is 2. The summed E-state index contributed by atoms with van der Waals surface area (Å²) in [5.41, 5.74) is 3.69. The number of halogens is 3. The van der Waals surface area contributed by atoms with Crippen LogP contribution in [0, 0.1) is 0 Å². The minimum absolute atomic E-state index is 0.177. The summed E-state index contributed by atoms with van der Waals surface area (Å²) in [6.45, 7) is 0. The van der Waals surface area contributed by atoms with E-state index >= 15 is 0 Å². The first kappa shape index (κ1) is 23.5. The quantitative estimate of drug-likeness (QED) is 0.348. The Morgan fingerprint density at radius 1 is 0.972 bits per heavy atom. The van der Waals surface area contributed by atoms with Crippen molar-refractivity contribution in [3.8, 4) is 34.1 Å². The molecule has 0 saturated heterocycles. The van der Waals surface area contributed by atoms with Crippen LogP contribution in [0.5, 0.6) is 11.5 Å². The number of aromatic nitrogens is 1. The van der Waals surface area contributed by atoms with Crippen molar-refractivity contribution >= 4 is 11.6 Å². The predicted molar refractivity (Wildman–Crippen MR) is 127 cm³/mol. The molecule has 0 fully saturated rings. The van der Waals surface area contributed by atoms with Gasteiger partial charge in [0.15, 0.2) is 5.76 Å². The number of aryl methyl sites for hydroxylation is 1. The number of nitrogens with zero attached hydrogens (tertiary/aromatic N) is 1. The van der Waals surface area contributed by atoms with Crippen molar-refractivity contribution in [2.45, 2.75) is 19.0 Å². The first-order valence-electron chi connectivity index (χ1n) is 11.1. The second kappa shape index (κ2) is 9.07. The SMILES string of the molecule is COc1ccc(-c2onc3c2CCc2ccccc2-3)cc1NC(=O)c1ccc(OC)c(C(F)(F)F)c1. The van der Waals surface area contributed by atoms with E-state index in [9.17, 15) is 18.0 Å². The Balaban J connectivity index is 1.49. The van der Waals surface area contributed by atoms with Gasteiger partial charge in [-0.2, -0.15) is 13.2 Å². The van der Waals surface area contributed by atoms with Gasteiger partial charge in [0.1, 0.15) is 17.2 Å². The third-order valence-corrected chi connectivity index (χ3v) is 6.18. The maximum Gasteiger partial charge on any atom is 0.419 e. The van der Waals surface area contributed by atoms with Crippen molar-refractivity contribution in [3.05, 3.63) is 82.9 Å². The first-order valence-corrected chi connectivity index (χ1v) is 11.1. The summed E-state index contributed by atoms with van der Waals surface area (Å²) in [5, 5.41) is 6.95. The maximum absolute atomic E-state index is 13.4. The van der Waals surface area contributed by atoms with E-state index in [4.69, 9.17) is 14.0 Å². The minimum Gasteiger partial charge on any atom is -0.496 e. The zero-order chi connectivity index (χ0) is 25.4. The fourth-order valence-electron chi connectivity index (χ4n) is 4.42. The van der Waals surface area contributed by atoms with Gasteiger partial charge in [0.25, 0.3) is 5.91 Å². The number of benzene rings is 3.